The fourth-order valence-corrected chi connectivity index (χ4v) is 5.99. The molecule has 2 aromatic carbocycles. The summed E-state index contributed by atoms with van der Waals surface area (Å²) in [5.74, 6) is 0. The summed E-state index contributed by atoms with van der Waals surface area (Å²) in [5, 5.41) is 0. The highest BCUT2D eigenvalue weighted by atomic mass is 31.2. The number of anilines is 2. The highest BCUT2D eigenvalue weighted by Crippen LogP contribution is 2.42. The molecule has 4 heterocycles. The van der Waals surface area contributed by atoms with E-state index in [1.807, 2.05) is 9.97 Å². The van der Waals surface area contributed by atoms with Crippen LogP contribution >= 0.6 is 7.60 Å². The standard InChI is InChI=1S/C31H21F6N6O7P/c1-51(48,49-42-24-16-22(40-10-6-2-3-7-11-40)18(30(32,33)34)14-20(24)38-26(44)28(42)46)50-43-25-17-23(41-12-8-4-5-9-13-41)19(31(35,36)37)15-21(25)39-27(45)29(43)47/h2-17H,1H3,(H,38,44)(H,39,45). The molecule has 0 unspecified atom stereocenters. The van der Waals surface area contributed by atoms with E-state index in [0.717, 1.165) is 21.9 Å². The van der Waals surface area contributed by atoms with Crippen LogP contribution in [0.4, 0.5) is 37.7 Å². The third-order valence-corrected chi connectivity index (χ3v) is 8.12. The Morgan fingerprint density at radius 2 is 0.902 bits per heavy atom. The highest BCUT2D eigenvalue weighted by molar-refractivity contribution is 7.53. The second-order valence-corrected chi connectivity index (χ2v) is 12.6. The Morgan fingerprint density at radius 3 is 1.22 bits per heavy atom. The Balaban J connectivity index is 1.51. The van der Waals surface area contributed by atoms with Gasteiger partial charge >= 0.3 is 42.2 Å². The molecule has 0 radical (unpaired) electrons. The van der Waals surface area contributed by atoms with E-state index >= 15 is 0 Å². The van der Waals surface area contributed by atoms with Crippen LogP contribution < -0.4 is 41.3 Å². The Hall–Kier alpha value is -6.23. The fourth-order valence-electron chi connectivity index (χ4n) is 5.05. The monoisotopic (exact) mass is 734 g/mol. The molecule has 13 nitrogen and oxygen atoms in total. The minimum Gasteiger partial charge on any atom is -0.323 e. The maximum Gasteiger partial charge on any atom is 0.464 e. The summed E-state index contributed by atoms with van der Waals surface area (Å²) < 4.78 is 110. The zero-order chi connectivity index (χ0) is 36.9. The van der Waals surface area contributed by atoms with E-state index in [4.69, 9.17) is 9.25 Å². The van der Waals surface area contributed by atoms with E-state index in [1.54, 1.807) is 0 Å². The molecule has 6 rings (SSSR count). The summed E-state index contributed by atoms with van der Waals surface area (Å²) in [7, 11) is -4.96. The number of halogens is 6. The van der Waals surface area contributed by atoms with Crippen molar-refractivity contribution < 1.29 is 40.2 Å². The van der Waals surface area contributed by atoms with Crippen molar-refractivity contribution >= 4 is 41.0 Å². The van der Waals surface area contributed by atoms with Crippen LogP contribution in [0.5, 0.6) is 0 Å². The van der Waals surface area contributed by atoms with Gasteiger partial charge in [0.05, 0.1) is 40.2 Å². The molecule has 2 N–H and O–H groups in total. The molecule has 2 aromatic heterocycles. The molecule has 264 valence electrons. The van der Waals surface area contributed by atoms with Gasteiger partial charge in [0.2, 0.25) is 0 Å². The Morgan fingerprint density at radius 1 is 0.569 bits per heavy atom. The lowest BCUT2D eigenvalue weighted by Crippen LogP contribution is -2.42. The minimum atomic E-state index is -4.98. The number of nitrogens with zero attached hydrogens (tertiary/aromatic N) is 4. The van der Waals surface area contributed by atoms with Gasteiger partial charge in [-0.05, 0) is 48.6 Å². The second-order valence-electron chi connectivity index (χ2n) is 10.8. The van der Waals surface area contributed by atoms with Gasteiger partial charge in [0.1, 0.15) is 11.0 Å². The van der Waals surface area contributed by atoms with Gasteiger partial charge in [0.25, 0.3) is 0 Å². The van der Waals surface area contributed by atoms with E-state index in [0.29, 0.717) is 18.8 Å². The van der Waals surface area contributed by atoms with E-state index in [9.17, 15) is 50.1 Å². The largest absolute Gasteiger partial charge is 0.464 e. The number of H-pyrrole nitrogens is 2. The number of aromatic nitrogens is 4. The van der Waals surface area contributed by atoms with Crippen molar-refractivity contribution in [3.8, 4) is 0 Å². The number of aromatic amines is 2. The maximum atomic E-state index is 14.2. The van der Waals surface area contributed by atoms with Crippen molar-refractivity contribution in [3.63, 3.8) is 0 Å². The summed E-state index contributed by atoms with van der Waals surface area (Å²) in [6, 6.07) is 2.66. The summed E-state index contributed by atoms with van der Waals surface area (Å²) in [6.45, 7) is 0.680. The van der Waals surface area contributed by atoms with Gasteiger partial charge in [-0.1, -0.05) is 24.3 Å². The minimum absolute atomic E-state index is 0.0928. The van der Waals surface area contributed by atoms with Crippen molar-refractivity contribution in [1.29, 1.82) is 0 Å². The molecule has 0 atom stereocenters. The number of nitrogens with one attached hydrogen (secondary N) is 2. The summed E-state index contributed by atoms with van der Waals surface area (Å²) in [6.07, 6.45) is 6.85. The Kier molecular flexibility index (Phi) is 8.54. The average molecular weight is 735 g/mol. The lowest BCUT2D eigenvalue weighted by molar-refractivity contribution is -0.137. The molecule has 0 amide bonds. The number of allylic oxidation sites excluding steroid dienone is 8. The highest BCUT2D eigenvalue weighted by Gasteiger charge is 2.38. The molecule has 20 heteroatoms. The zero-order valence-electron chi connectivity index (χ0n) is 25.6. The SMILES string of the molecule is CP(=O)(On1c(=O)c(=O)[nH]c2cc(C(F)(F)F)c(N3C=CC=CC=C3)cc21)On1c(=O)c(=O)[nH]c2cc(C(F)(F)F)c(N3C=CC=CC=C3)cc21. The number of fused-ring (bicyclic) bond motifs is 2. The molecule has 51 heavy (non-hydrogen) atoms. The normalized spacial score (nSPS) is 14.8. The summed E-state index contributed by atoms with van der Waals surface area (Å²) in [5.41, 5.74) is -12.0. The van der Waals surface area contributed by atoms with E-state index < -0.39 is 86.8 Å². The predicted molar refractivity (Wildman–Crippen MR) is 174 cm³/mol. The van der Waals surface area contributed by atoms with Gasteiger partial charge in [0, 0.05) is 24.8 Å². The number of rotatable bonds is 6. The van der Waals surface area contributed by atoms with Gasteiger partial charge in [-0.3, -0.25) is 19.2 Å². The molecule has 0 saturated heterocycles. The van der Waals surface area contributed by atoms with Crippen LogP contribution in [0.2, 0.25) is 0 Å². The summed E-state index contributed by atoms with van der Waals surface area (Å²) in [4.78, 5) is 57.3. The molecule has 0 bridgehead atoms. The first-order chi connectivity index (χ1) is 23.9. The summed E-state index contributed by atoms with van der Waals surface area (Å²) >= 11 is 0. The topological polar surface area (TPSA) is 152 Å². The van der Waals surface area contributed by atoms with Gasteiger partial charge < -0.3 is 29.0 Å². The second kappa shape index (κ2) is 12.6. The molecule has 0 saturated carbocycles. The van der Waals surface area contributed by atoms with Gasteiger partial charge in [-0.15, -0.1) is 9.46 Å². The van der Waals surface area contributed by atoms with Crippen LogP contribution in [-0.4, -0.2) is 26.1 Å². The van der Waals surface area contributed by atoms with Gasteiger partial charge in [-0.2, -0.15) is 26.3 Å². The average Bonchev–Trinajstić information content (AvgIpc) is 3.50. The third kappa shape index (κ3) is 6.83. The molecule has 0 spiro atoms. The third-order valence-electron chi connectivity index (χ3n) is 7.20. The van der Waals surface area contributed by atoms with Crippen LogP contribution in [0, 0.1) is 0 Å². The van der Waals surface area contributed by atoms with Gasteiger partial charge in [-0.25, -0.2) is 4.57 Å². The Bertz CT molecular complexity index is 2370. The smallest absolute Gasteiger partial charge is 0.323 e. The molecule has 0 fully saturated rings. The van der Waals surface area contributed by atoms with Crippen LogP contribution in [0.15, 0.2) is 117 Å². The van der Waals surface area contributed by atoms with Crippen LogP contribution in [-0.2, 0) is 16.9 Å². The van der Waals surface area contributed by atoms with Crippen molar-refractivity contribution in [3.05, 3.63) is 150 Å². The molecule has 2 aliphatic heterocycles. The van der Waals surface area contributed by atoms with Crippen molar-refractivity contribution in [1.82, 2.24) is 19.4 Å². The fraction of sp³-hybridized carbons (Fsp3) is 0.0968. The molecule has 2 aliphatic rings. The maximum absolute atomic E-state index is 14.2. The zero-order valence-corrected chi connectivity index (χ0v) is 26.5. The quantitative estimate of drug-likeness (QED) is 0.160. The van der Waals surface area contributed by atoms with E-state index in [-0.39, 0.29) is 9.46 Å². The van der Waals surface area contributed by atoms with Gasteiger partial charge in [0.15, 0.2) is 0 Å². The molecule has 0 aliphatic carbocycles. The predicted octanol–water partition coefficient (Wildman–Crippen LogP) is 4.92. The van der Waals surface area contributed by atoms with Crippen molar-refractivity contribution in [2.45, 2.75) is 12.4 Å². The first kappa shape index (κ1) is 34.6. The molecule has 4 aromatic rings. The number of hydrogen-bond donors (Lipinski definition) is 2. The van der Waals surface area contributed by atoms with Crippen molar-refractivity contribution in [2.24, 2.45) is 0 Å². The van der Waals surface area contributed by atoms with Crippen LogP contribution in [0.1, 0.15) is 11.1 Å². The molecular formula is C31H21F6N6O7P. The van der Waals surface area contributed by atoms with E-state index in [2.05, 4.69) is 0 Å². The van der Waals surface area contributed by atoms with Crippen LogP contribution in [0.25, 0.3) is 22.1 Å². The van der Waals surface area contributed by atoms with Crippen molar-refractivity contribution in [2.75, 3.05) is 16.5 Å². The number of alkyl halides is 6. The van der Waals surface area contributed by atoms with E-state index in [1.165, 1.54) is 73.4 Å². The first-order valence-corrected chi connectivity index (χ1v) is 16.3. The lowest BCUT2D eigenvalue weighted by atomic mass is 10.1. The number of hydrogen-bond acceptors (Lipinski definition) is 9. The van der Waals surface area contributed by atoms with Crippen LogP contribution in [0.3, 0.4) is 0 Å². The first-order valence-electron chi connectivity index (χ1n) is 14.3. The lowest BCUT2D eigenvalue weighted by Gasteiger charge is -2.24. The Labute approximate surface area is 279 Å². The molecular weight excluding hydrogens is 713 g/mol. The number of benzene rings is 2.